The van der Waals surface area contributed by atoms with E-state index in [0.29, 0.717) is 22.7 Å². The number of amides is 1. The van der Waals surface area contributed by atoms with E-state index in [1.165, 1.54) is 35.7 Å². The number of rotatable bonds is 5. The summed E-state index contributed by atoms with van der Waals surface area (Å²) in [5.41, 5.74) is 3.89. The molecule has 0 bridgehead atoms. The number of amidine groups is 1. The van der Waals surface area contributed by atoms with Crippen LogP contribution in [-0.2, 0) is 10.5 Å². The molecule has 1 amide bonds. The molecule has 1 saturated carbocycles. The lowest BCUT2D eigenvalue weighted by Crippen LogP contribution is -2.50. The van der Waals surface area contributed by atoms with Gasteiger partial charge in [-0.1, -0.05) is 71.9 Å². The molecular weight excluding hydrogens is 468 g/mol. The molecule has 0 aromatic heterocycles. The van der Waals surface area contributed by atoms with Gasteiger partial charge in [-0.2, -0.15) is 0 Å². The lowest BCUT2D eigenvalue weighted by atomic mass is 10.1. The van der Waals surface area contributed by atoms with Crippen LogP contribution in [-0.4, -0.2) is 22.2 Å². The van der Waals surface area contributed by atoms with Crippen LogP contribution < -0.4 is 20.6 Å². The van der Waals surface area contributed by atoms with Crippen molar-refractivity contribution in [2.24, 2.45) is 10.1 Å². The lowest BCUT2D eigenvalue weighted by Gasteiger charge is -2.34. The van der Waals surface area contributed by atoms with Crippen molar-refractivity contribution in [2.45, 2.75) is 50.6 Å². The Morgan fingerprint density at radius 1 is 1.00 bits per heavy atom. The molecule has 6 nitrogen and oxygen atoms in total. The highest BCUT2D eigenvalue weighted by Crippen LogP contribution is 2.32. The summed E-state index contributed by atoms with van der Waals surface area (Å²) in [6.07, 6.45) is 4.59. The van der Waals surface area contributed by atoms with Crippen LogP contribution in [0.3, 0.4) is 0 Å². The minimum absolute atomic E-state index is 0.162. The zero-order valence-electron chi connectivity index (χ0n) is 20.2. The molecule has 182 valence electrons. The van der Waals surface area contributed by atoms with Gasteiger partial charge in [-0.05, 0) is 61.9 Å². The Bertz CT molecular complexity index is 1430. The van der Waals surface area contributed by atoms with Gasteiger partial charge in [-0.3, -0.25) is 15.1 Å². The van der Waals surface area contributed by atoms with E-state index in [2.05, 4.69) is 36.5 Å². The number of nitrogens with one attached hydrogen (secondary N) is 1. The molecule has 3 aromatic rings. The molecule has 2 aliphatic heterocycles. The molecule has 1 aliphatic carbocycles. The number of ether oxygens (including phenoxy) is 1. The highest BCUT2D eigenvalue weighted by molar-refractivity contribution is 8.13. The van der Waals surface area contributed by atoms with Gasteiger partial charge in [0, 0.05) is 11.0 Å². The Balaban J connectivity index is 1.32. The first-order valence-corrected chi connectivity index (χ1v) is 13.4. The van der Waals surface area contributed by atoms with E-state index in [-0.39, 0.29) is 5.91 Å². The average Bonchev–Trinajstić information content (AvgIpc) is 3.41. The summed E-state index contributed by atoms with van der Waals surface area (Å²) in [5.74, 6) is 1.43. The van der Waals surface area contributed by atoms with E-state index in [1.807, 2.05) is 48.5 Å². The normalized spacial score (nSPS) is 19.2. The summed E-state index contributed by atoms with van der Waals surface area (Å²) >= 11 is 1.52. The van der Waals surface area contributed by atoms with E-state index in [0.717, 1.165) is 34.7 Å². The fourth-order valence-electron chi connectivity index (χ4n) is 4.86. The first kappa shape index (κ1) is 22.9. The van der Waals surface area contributed by atoms with Crippen LogP contribution in [0.2, 0.25) is 0 Å². The Kier molecular flexibility index (Phi) is 6.23. The van der Waals surface area contributed by atoms with Crippen molar-refractivity contribution < 1.29 is 9.53 Å². The van der Waals surface area contributed by atoms with E-state index in [9.17, 15) is 4.79 Å². The Morgan fingerprint density at radius 3 is 2.53 bits per heavy atom. The highest BCUT2D eigenvalue weighted by Gasteiger charge is 2.34. The number of hydrogen-bond donors (Lipinski definition) is 1. The number of carbonyl (C=O) groups is 1. The summed E-state index contributed by atoms with van der Waals surface area (Å²) in [4.78, 5) is 18.3. The number of thioether (sulfide) groups is 1. The molecule has 0 spiro atoms. The first-order chi connectivity index (χ1) is 17.6. The van der Waals surface area contributed by atoms with Gasteiger partial charge in [-0.25, -0.2) is 5.01 Å². The number of nitrogens with zero attached hydrogens (tertiary/aromatic N) is 3. The van der Waals surface area contributed by atoms with E-state index in [1.54, 1.807) is 5.01 Å². The minimum Gasteiger partial charge on any atom is -0.490 e. The van der Waals surface area contributed by atoms with Crippen LogP contribution in [0, 0.1) is 6.92 Å². The molecule has 0 radical (unpaired) electrons. The van der Waals surface area contributed by atoms with Crippen molar-refractivity contribution in [1.29, 1.82) is 0 Å². The number of hydrogen-bond acceptors (Lipinski definition) is 6. The first-order valence-electron chi connectivity index (χ1n) is 12.5. The van der Waals surface area contributed by atoms with Gasteiger partial charge < -0.3 is 4.74 Å². The predicted molar refractivity (Wildman–Crippen MR) is 143 cm³/mol. The van der Waals surface area contributed by atoms with E-state index < -0.39 is 6.17 Å². The van der Waals surface area contributed by atoms with Gasteiger partial charge in [-0.15, -0.1) is 5.10 Å². The SMILES string of the molecule is Cc1ccc(CSC2=NN3C(=c4ccccc4=N[C@@H]3c3ccc(OC4CCCC4)cc3)C(=O)N2)cc1. The topological polar surface area (TPSA) is 66.3 Å². The van der Waals surface area contributed by atoms with Crippen molar-refractivity contribution >= 4 is 28.5 Å². The summed E-state index contributed by atoms with van der Waals surface area (Å²) in [6.45, 7) is 2.07. The van der Waals surface area contributed by atoms with Crippen LogP contribution in [0.5, 0.6) is 5.75 Å². The maximum absolute atomic E-state index is 13.3. The highest BCUT2D eigenvalue weighted by atomic mass is 32.2. The number of benzene rings is 3. The summed E-state index contributed by atoms with van der Waals surface area (Å²) in [6, 6.07) is 24.2. The molecule has 1 fully saturated rings. The van der Waals surface area contributed by atoms with Gasteiger partial charge >= 0.3 is 0 Å². The summed E-state index contributed by atoms with van der Waals surface area (Å²) in [5, 5.41) is 11.8. The summed E-state index contributed by atoms with van der Waals surface area (Å²) in [7, 11) is 0. The maximum Gasteiger partial charge on any atom is 0.276 e. The van der Waals surface area contributed by atoms with Crippen molar-refractivity contribution in [2.75, 3.05) is 0 Å². The van der Waals surface area contributed by atoms with Gasteiger partial charge in [0.2, 0.25) is 0 Å². The minimum atomic E-state index is -0.434. The quantitative estimate of drug-likeness (QED) is 0.569. The van der Waals surface area contributed by atoms with Gasteiger partial charge in [0.1, 0.15) is 11.4 Å². The van der Waals surface area contributed by atoms with Crippen LogP contribution in [0.15, 0.2) is 82.9 Å². The number of aryl methyl sites for hydroxylation is 1. The molecule has 1 atom stereocenters. The molecule has 0 saturated heterocycles. The van der Waals surface area contributed by atoms with Crippen molar-refractivity contribution in [1.82, 2.24) is 10.3 Å². The van der Waals surface area contributed by atoms with Crippen molar-refractivity contribution in [3.05, 3.63) is 100 Å². The molecule has 1 N–H and O–H groups in total. The third-order valence-electron chi connectivity index (χ3n) is 6.79. The molecule has 36 heavy (non-hydrogen) atoms. The molecule has 7 heteroatoms. The molecule has 6 rings (SSSR count). The van der Waals surface area contributed by atoms with E-state index >= 15 is 0 Å². The smallest absolute Gasteiger partial charge is 0.276 e. The zero-order chi connectivity index (χ0) is 24.5. The maximum atomic E-state index is 13.3. The van der Waals surface area contributed by atoms with Crippen molar-refractivity contribution in [3.63, 3.8) is 0 Å². The largest absolute Gasteiger partial charge is 0.490 e. The van der Waals surface area contributed by atoms with Crippen LogP contribution >= 0.6 is 11.8 Å². The second kappa shape index (κ2) is 9.82. The standard InChI is InChI=1S/C29H28N4O2S/c1-19-10-12-20(13-11-19)18-36-29-31-28(34)26-24-8-4-5-9-25(24)30-27(33(26)32-29)21-14-16-23(17-15-21)35-22-6-2-3-7-22/h4-5,8-17,22,27H,2-3,6-7,18H2,1H3,(H,31,32,34)/t27-/m0/s1. The Labute approximate surface area is 214 Å². The van der Waals surface area contributed by atoms with Gasteiger partial charge in [0.25, 0.3) is 5.91 Å². The van der Waals surface area contributed by atoms with Gasteiger partial charge in [0.05, 0.1) is 11.5 Å². The fraction of sp³-hybridized carbons (Fsp3) is 0.276. The predicted octanol–water partition coefficient (Wildman–Crippen LogP) is 4.39. The van der Waals surface area contributed by atoms with Gasteiger partial charge in [0.15, 0.2) is 11.3 Å². The van der Waals surface area contributed by atoms with Crippen LogP contribution in [0.1, 0.15) is 48.5 Å². The second-order valence-corrected chi connectivity index (χ2v) is 10.4. The number of hydrazone groups is 1. The number of fused-ring (bicyclic) bond motifs is 2. The van der Waals surface area contributed by atoms with E-state index in [4.69, 9.17) is 14.8 Å². The third-order valence-corrected chi connectivity index (χ3v) is 7.73. The number of carbonyl (C=O) groups excluding carboxylic acids is 1. The summed E-state index contributed by atoms with van der Waals surface area (Å²) < 4.78 is 6.15. The zero-order valence-corrected chi connectivity index (χ0v) is 21.0. The molecule has 3 aliphatic rings. The third kappa shape index (κ3) is 4.63. The molecule has 2 heterocycles. The van der Waals surface area contributed by atoms with Crippen LogP contribution in [0.4, 0.5) is 0 Å². The Morgan fingerprint density at radius 2 is 1.75 bits per heavy atom. The second-order valence-electron chi connectivity index (χ2n) is 9.44. The monoisotopic (exact) mass is 496 g/mol. The lowest BCUT2D eigenvalue weighted by molar-refractivity contribution is -0.116. The van der Waals surface area contributed by atoms with Crippen LogP contribution in [0.25, 0.3) is 5.70 Å². The molecular formula is C29H28N4O2S. The fourth-order valence-corrected chi connectivity index (χ4v) is 5.67. The molecule has 0 unspecified atom stereocenters. The molecule has 3 aromatic carbocycles. The average molecular weight is 497 g/mol. The Hall–Kier alpha value is -3.58. The number of para-hydroxylation sites is 1. The van der Waals surface area contributed by atoms with Crippen molar-refractivity contribution in [3.8, 4) is 5.75 Å².